The van der Waals surface area contributed by atoms with Crippen LogP contribution in [-0.2, 0) is 22.7 Å². The maximum Gasteiger partial charge on any atom is 0.290 e. The number of carbonyl (C=O) groups is 1. The molecule has 0 aliphatic rings. The van der Waals surface area contributed by atoms with Gasteiger partial charge in [-0.2, -0.15) is 0 Å². The molecule has 1 heterocycles. The lowest BCUT2D eigenvalue weighted by atomic mass is 10.2. The minimum atomic E-state index is -0.250. The third kappa shape index (κ3) is 8.41. The Hall–Kier alpha value is -2.24. The van der Waals surface area contributed by atoms with Crippen LogP contribution in [0.3, 0.4) is 0 Å². The number of aromatic nitrogens is 1. The first-order valence-electron chi connectivity index (χ1n) is 7.96. The van der Waals surface area contributed by atoms with E-state index in [4.69, 9.17) is 14.6 Å². The lowest BCUT2D eigenvalue weighted by molar-refractivity contribution is -0.122. The lowest BCUT2D eigenvalue weighted by Crippen LogP contribution is -2.21. The molecule has 1 aromatic heterocycles. The molecular weight excluding hydrogens is 304 g/mol. The second-order valence-corrected chi connectivity index (χ2v) is 5.50. The highest BCUT2D eigenvalue weighted by atomic mass is 16.5. The van der Waals surface area contributed by atoms with Crippen molar-refractivity contribution in [3.8, 4) is 0 Å². The summed E-state index contributed by atoms with van der Waals surface area (Å²) in [5.41, 5.74) is 3.64. The van der Waals surface area contributed by atoms with Gasteiger partial charge in [-0.15, -0.1) is 0 Å². The molecule has 1 N–H and O–H groups in total. The molecule has 0 fully saturated rings. The highest BCUT2D eigenvalue weighted by Gasteiger charge is 2.03. The van der Waals surface area contributed by atoms with Crippen LogP contribution in [0.5, 0.6) is 0 Å². The highest BCUT2D eigenvalue weighted by Crippen LogP contribution is 2.06. The molecule has 5 heteroatoms. The average molecular weight is 330 g/mol. The summed E-state index contributed by atoms with van der Waals surface area (Å²) >= 11 is 0. The molecule has 0 aliphatic carbocycles. The SMILES string of the molecule is Cc1cccnc1CN(C)CCCOCc1ccccc1.O=CO. The van der Waals surface area contributed by atoms with E-state index < -0.39 is 0 Å². The van der Waals surface area contributed by atoms with Crippen LogP contribution in [0.25, 0.3) is 0 Å². The number of aryl methyl sites for hydroxylation is 1. The summed E-state index contributed by atoms with van der Waals surface area (Å²) in [6.07, 6.45) is 2.90. The minimum Gasteiger partial charge on any atom is -0.483 e. The monoisotopic (exact) mass is 330 g/mol. The van der Waals surface area contributed by atoms with Crippen LogP contribution < -0.4 is 0 Å². The Balaban J connectivity index is 0.000000891. The largest absolute Gasteiger partial charge is 0.483 e. The normalized spacial score (nSPS) is 10.1. The van der Waals surface area contributed by atoms with Crippen molar-refractivity contribution in [2.45, 2.75) is 26.5 Å². The standard InChI is InChI=1S/C18H24N2O.CH2O2/c1-16-8-6-11-19-18(16)14-20(2)12-7-13-21-15-17-9-4-3-5-10-17;2-1-3/h3-6,8-11H,7,12-15H2,1-2H3;1H,(H,2,3). The maximum atomic E-state index is 8.36. The van der Waals surface area contributed by atoms with Crippen molar-refractivity contribution in [3.63, 3.8) is 0 Å². The number of benzene rings is 1. The molecule has 1 aromatic carbocycles. The Labute approximate surface area is 143 Å². The predicted octanol–water partition coefficient (Wildman–Crippen LogP) is 3.13. The second-order valence-electron chi connectivity index (χ2n) is 5.50. The zero-order valence-electron chi connectivity index (χ0n) is 14.4. The van der Waals surface area contributed by atoms with Crippen LogP contribution in [-0.4, -0.2) is 41.7 Å². The van der Waals surface area contributed by atoms with E-state index in [0.717, 1.165) is 31.8 Å². The van der Waals surface area contributed by atoms with Gasteiger partial charge in [0.15, 0.2) is 0 Å². The third-order valence-corrected chi connectivity index (χ3v) is 3.48. The first-order chi connectivity index (χ1) is 11.7. The van der Waals surface area contributed by atoms with Crippen LogP contribution in [0, 0.1) is 6.92 Å². The summed E-state index contributed by atoms with van der Waals surface area (Å²) in [6.45, 7) is 5.26. The van der Waals surface area contributed by atoms with Crippen molar-refractivity contribution in [3.05, 3.63) is 65.5 Å². The van der Waals surface area contributed by atoms with Gasteiger partial charge in [-0.3, -0.25) is 9.78 Å². The fourth-order valence-electron chi connectivity index (χ4n) is 2.22. The number of carboxylic acid groups (broad SMARTS) is 1. The number of ether oxygens (including phenoxy) is 1. The molecule has 2 rings (SSSR count). The Morgan fingerprint density at radius 1 is 1.21 bits per heavy atom. The summed E-state index contributed by atoms with van der Waals surface area (Å²) in [5, 5.41) is 6.89. The number of rotatable bonds is 8. The average Bonchev–Trinajstić information content (AvgIpc) is 2.58. The van der Waals surface area contributed by atoms with E-state index in [1.165, 1.54) is 11.1 Å². The Kier molecular flexibility index (Phi) is 10.1. The van der Waals surface area contributed by atoms with Gasteiger partial charge in [0, 0.05) is 25.9 Å². The first kappa shape index (κ1) is 19.8. The van der Waals surface area contributed by atoms with Crippen LogP contribution in [0.2, 0.25) is 0 Å². The van der Waals surface area contributed by atoms with E-state index in [0.29, 0.717) is 6.61 Å². The van der Waals surface area contributed by atoms with Gasteiger partial charge in [0.25, 0.3) is 6.47 Å². The molecule has 0 atom stereocenters. The van der Waals surface area contributed by atoms with Crippen molar-refractivity contribution in [2.24, 2.45) is 0 Å². The Bertz CT molecular complexity index is 576. The molecule has 2 aromatic rings. The summed E-state index contributed by atoms with van der Waals surface area (Å²) in [6, 6.07) is 14.4. The number of nitrogens with zero attached hydrogens (tertiary/aromatic N) is 2. The molecule has 0 aliphatic heterocycles. The van der Waals surface area contributed by atoms with Crippen LogP contribution in [0.1, 0.15) is 23.2 Å². The summed E-state index contributed by atoms with van der Waals surface area (Å²) in [5.74, 6) is 0. The minimum absolute atomic E-state index is 0.250. The zero-order valence-corrected chi connectivity index (χ0v) is 14.4. The van der Waals surface area contributed by atoms with Crippen molar-refractivity contribution in [2.75, 3.05) is 20.2 Å². The second kappa shape index (κ2) is 12.2. The van der Waals surface area contributed by atoms with Crippen LogP contribution >= 0.6 is 0 Å². The Morgan fingerprint density at radius 2 is 1.92 bits per heavy atom. The molecule has 0 spiro atoms. The van der Waals surface area contributed by atoms with E-state index >= 15 is 0 Å². The van der Waals surface area contributed by atoms with Gasteiger partial charge in [-0.25, -0.2) is 0 Å². The van der Waals surface area contributed by atoms with Gasteiger partial charge in [0.1, 0.15) is 0 Å². The molecule has 0 unspecified atom stereocenters. The number of hydrogen-bond donors (Lipinski definition) is 1. The van der Waals surface area contributed by atoms with Gasteiger partial charge in [-0.05, 0) is 37.6 Å². The van der Waals surface area contributed by atoms with Crippen molar-refractivity contribution in [1.82, 2.24) is 9.88 Å². The number of hydrogen-bond acceptors (Lipinski definition) is 4. The summed E-state index contributed by atoms with van der Waals surface area (Å²) in [7, 11) is 2.13. The van der Waals surface area contributed by atoms with E-state index in [-0.39, 0.29) is 6.47 Å². The van der Waals surface area contributed by atoms with E-state index in [1.54, 1.807) is 0 Å². The van der Waals surface area contributed by atoms with E-state index in [2.05, 4.69) is 42.1 Å². The van der Waals surface area contributed by atoms with Crippen molar-refractivity contribution >= 4 is 6.47 Å². The smallest absolute Gasteiger partial charge is 0.290 e. The van der Waals surface area contributed by atoms with Gasteiger partial charge < -0.3 is 14.7 Å². The fourth-order valence-corrected chi connectivity index (χ4v) is 2.22. The summed E-state index contributed by atoms with van der Waals surface area (Å²) < 4.78 is 5.70. The van der Waals surface area contributed by atoms with E-state index in [1.807, 2.05) is 30.5 Å². The quantitative estimate of drug-likeness (QED) is 0.595. The molecule has 24 heavy (non-hydrogen) atoms. The van der Waals surface area contributed by atoms with Gasteiger partial charge in [0.05, 0.1) is 12.3 Å². The lowest BCUT2D eigenvalue weighted by Gasteiger charge is -2.17. The van der Waals surface area contributed by atoms with Gasteiger partial charge in [-0.1, -0.05) is 36.4 Å². The predicted molar refractivity (Wildman–Crippen MR) is 94.7 cm³/mol. The van der Waals surface area contributed by atoms with Gasteiger partial charge in [0.2, 0.25) is 0 Å². The molecular formula is C19H26N2O3. The molecule has 0 radical (unpaired) electrons. The van der Waals surface area contributed by atoms with E-state index in [9.17, 15) is 0 Å². The van der Waals surface area contributed by atoms with Crippen LogP contribution in [0.4, 0.5) is 0 Å². The topological polar surface area (TPSA) is 62.7 Å². The fraction of sp³-hybridized carbons (Fsp3) is 0.368. The van der Waals surface area contributed by atoms with Crippen molar-refractivity contribution in [1.29, 1.82) is 0 Å². The van der Waals surface area contributed by atoms with Crippen molar-refractivity contribution < 1.29 is 14.6 Å². The molecule has 130 valence electrons. The highest BCUT2D eigenvalue weighted by molar-refractivity contribution is 5.32. The third-order valence-electron chi connectivity index (χ3n) is 3.48. The number of pyridine rings is 1. The first-order valence-corrected chi connectivity index (χ1v) is 7.96. The molecule has 0 saturated carbocycles. The molecule has 0 saturated heterocycles. The Morgan fingerprint density at radius 3 is 2.58 bits per heavy atom. The van der Waals surface area contributed by atoms with Gasteiger partial charge >= 0.3 is 0 Å². The molecule has 0 bridgehead atoms. The molecule has 0 amide bonds. The van der Waals surface area contributed by atoms with Crippen LogP contribution in [0.15, 0.2) is 48.7 Å². The zero-order chi connectivity index (χ0) is 17.6. The maximum absolute atomic E-state index is 8.36. The summed E-state index contributed by atoms with van der Waals surface area (Å²) in [4.78, 5) is 15.1. The molecule has 5 nitrogen and oxygen atoms in total.